The summed E-state index contributed by atoms with van der Waals surface area (Å²) in [7, 11) is 0. The lowest BCUT2D eigenvalue weighted by Gasteiger charge is -1.98. The molecule has 0 aliphatic rings. The van der Waals surface area contributed by atoms with Gasteiger partial charge in [-0.3, -0.25) is 0 Å². The van der Waals surface area contributed by atoms with Gasteiger partial charge in [-0.05, 0) is 31.2 Å². The van der Waals surface area contributed by atoms with E-state index in [4.69, 9.17) is 16.0 Å². The van der Waals surface area contributed by atoms with E-state index >= 15 is 0 Å². The quantitative estimate of drug-likeness (QED) is 0.869. The Bertz CT molecular complexity index is 464. The predicted molar refractivity (Wildman–Crippen MR) is 65.3 cm³/mol. The molecular weight excluding hydrogens is 222 g/mol. The second kappa shape index (κ2) is 5.19. The number of hydrogen-bond donors (Lipinski definition) is 1. The summed E-state index contributed by atoms with van der Waals surface area (Å²) in [6.07, 6.45) is 0. The zero-order valence-electron chi connectivity index (χ0n) is 9.24. The van der Waals surface area contributed by atoms with Crippen molar-refractivity contribution in [2.45, 2.75) is 13.5 Å². The normalized spacial score (nSPS) is 10.6. The van der Waals surface area contributed by atoms with Crippen molar-refractivity contribution in [1.82, 2.24) is 0 Å². The molecule has 1 aromatic heterocycles. The number of rotatable bonds is 4. The molecule has 0 aliphatic carbocycles. The third-order valence-corrected chi connectivity index (χ3v) is 2.64. The molecule has 1 aromatic carbocycles. The molecule has 2 nitrogen and oxygen atoms in total. The van der Waals surface area contributed by atoms with Gasteiger partial charge in [0.05, 0.1) is 6.54 Å². The van der Waals surface area contributed by atoms with Crippen LogP contribution in [0.4, 0.5) is 0 Å². The molecule has 0 bridgehead atoms. The van der Waals surface area contributed by atoms with E-state index in [0.717, 1.165) is 35.2 Å². The Hall–Kier alpha value is -1.25. The number of nitrogens with two attached hydrogens (primary N) is 1. The van der Waals surface area contributed by atoms with E-state index in [1.807, 2.05) is 36.4 Å². The van der Waals surface area contributed by atoms with Crippen LogP contribution >= 0.6 is 11.6 Å². The molecule has 0 radical (unpaired) electrons. The van der Waals surface area contributed by atoms with Crippen LogP contribution in [0.2, 0.25) is 5.02 Å². The van der Waals surface area contributed by atoms with Crippen LogP contribution in [0.15, 0.2) is 40.8 Å². The Morgan fingerprint density at radius 1 is 1.25 bits per heavy atom. The molecule has 0 saturated heterocycles. The third kappa shape index (κ3) is 2.65. The molecule has 84 valence electrons. The average molecular weight is 237 g/mol. The average Bonchev–Trinajstić information content (AvgIpc) is 2.75. The van der Waals surface area contributed by atoms with Gasteiger partial charge in [-0.2, -0.15) is 0 Å². The summed E-state index contributed by atoms with van der Waals surface area (Å²) >= 11 is 5.94. The van der Waals surface area contributed by atoms with Crippen LogP contribution in [0.25, 0.3) is 11.3 Å². The zero-order valence-corrected chi connectivity index (χ0v) is 10.00. The SMILES string of the molecule is CC[NH2+]Cc1ccc(-c2cccc(Cl)c2)o1. The Balaban J connectivity index is 2.18. The molecule has 0 spiro atoms. The summed E-state index contributed by atoms with van der Waals surface area (Å²) in [6, 6.07) is 11.7. The van der Waals surface area contributed by atoms with E-state index in [-0.39, 0.29) is 0 Å². The van der Waals surface area contributed by atoms with Gasteiger partial charge < -0.3 is 9.73 Å². The van der Waals surface area contributed by atoms with Gasteiger partial charge in [0.2, 0.25) is 0 Å². The fraction of sp³-hybridized carbons (Fsp3) is 0.231. The van der Waals surface area contributed by atoms with Gasteiger partial charge >= 0.3 is 0 Å². The maximum absolute atomic E-state index is 5.94. The number of halogens is 1. The molecule has 0 atom stereocenters. The van der Waals surface area contributed by atoms with Crippen molar-refractivity contribution in [2.75, 3.05) is 6.54 Å². The molecule has 2 aromatic rings. The lowest BCUT2D eigenvalue weighted by molar-refractivity contribution is -0.669. The topological polar surface area (TPSA) is 29.8 Å². The largest absolute Gasteiger partial charge is 0.455 e. The van der Waals surface area contributed by atoms with Gasteiger partial charge in [-0.15, -0.1) is 0 Å². The molecule has 0 aliphatic heterocycles. The van der Waals surface area contributed by atoms with E-state index < -0.39 is 0 Å². The highest BCUT2D eigenvalue weighted by Gasteiger charge is 2.05. The Kier molecular flexibility index (Phi) is 3.65. The van der Waals surface area contributed by atoms with E-state index in [1.165, 1.54) is 0 Å². The standard InChI is InChI=1S/C13H14ClNO/c1-2-15-9-12-6-7-13(16-12)10-4-3-5-11(14)8-10/h3-8,15H,2,9H2,1H3/p+1. The van der Waals surface area contributed by atoms with Crippen molar-refractivity contribution in [3.8, 4) is 11.3 Å². The maximum Gasteiger partial charge on any atom is 0.158 e. The smallest absolute Gasteiger partial charge is 0.158 e. The molecule has 0 unspecified atom stereocenters. The molecule has 2 rings (SSSR count). The Morgan fingerprint density at radius 2 is 2.12 bits per heavy atom. The van der Waals surface area contributed by atoms with Crippen LogP contribution in [-0.4, -0.2) is 6.54 Å². The number of furan rings is 1. The third-order valence-electron chi connectivity index (χ3n) is 2.40. The van der Waals surface area contributed by atoms with Gasteiger partial charge in [0.15, 0.2) is 5.76 Å². The lowest BCUT2D eigenvalue weighted by Crippen LogP contribution is -2.81. The Morgan fingerprint density at radius 3 is 2.88 bits per heavy atom. The van der Waals surface area contributed by atoms with Crippen molar-refractivity contribution < 1.29 is 9.73 Å². The van der Waals surface area contributed by atoms with Crippen molar-refractivity contribution >= 4 is 11.6 Å². The van der Waals surface area contributed by atoms with E-state index in [1.54, 1.807) is 0 Å². The van der Waals surface area contributed by atoms with E-state index in [9.17, 15) is 0 Å². The summed E-state index contributed by atoms with van der Waals surface area (Å²) in [5, 5.41) is 2.93. The summed E-state index contributed by atoms with van der Waals surface area (Å²) in [4.78, 5) is 0. The minimum Gasteiger partial charge on any atom is -0.455 e. The van der Waals surface area contributed by atoms with Gasteiger partial charge in [-0.25, -0.2) is 0 Å². The predicted octanol–water partition coefficient (Wildman–Crippen LogP) is 2.68. The molecule has 0 amide bonds. The lowest BCUT2D eigenvalue weighted by atomic mass is 10.2. The molecule has 3 heteroatoms. The second-order valence-electron chi connectivity index (χ2n) is 3.68. The summed E-state index contributed by atoms with van der Waals surface area (Å²) < 4.78 is 5.74. The molecule has 2 N–H and O–H groups in total. The zero-order chi connectivity index (χ0) is 11.4. The van der Waals surface area contributed by atoms with Gasteiger partial charge in [0.25, 0.3) is 0 Å². The maximum atomic E-state index is 5.94. The van der Waals surface area contributed by atoms with Crippen LogP contribution < -0.4 is 5.32 Å². The highest BCUT2D eigenvalue weighted by Crippen LogP contribution is 2.24. The van der Waals surface area contributed by atoms with Gasteiger partial charge in [-0.1, -0.05) is 23.7 Å². The van der Waals surface area contributed by atoms with Crippen LogP contribution in [-0.2, 0) is 6.54 Å². The summed E-state index contributed by atoms with van der Waals surface area (Å²) in [5.74, 6) is 1.87. The first-order chi connectivity index (χ1) is 7.79. The highest BCUT2D eigenvalue weighted by molar-refractivity contribution is 6.30. The van der Waals surface area contributed by atoms with Crippen molar-refractivity contribution in [2.24, 2.45) is 0 Å². The minimum absolute atomic E-state index is 0.732. The van der Waals surface area contributed by atoms with Crippen LogP contribution in [0, 0.1) is 0 Å². The van der Waals surface area contributed by atoms with Gasteiger partial charge in [0, 0.05) is 10.6 Å². The fourth-order valence-electron chi connectivity index (χ4n) is 1.57. The highest BCUT2D eigenvalue weighted by atomic mass is 35.5. The van der Waals surface area contributed by atoms with Crippen LogP contribution in [0.3, 0.4) is 0 Å². The second-order valence-corrected chi connectivity index (χ2v) is 4.11. The molecular formula is C13H15ClNO+. The summed E-state index contributed by atoms with van der Waals surface area (Å²) in [6.45, 7) is 4.07. The monoisotopic (exact) mass is 236 g/mol. The first-order valence-corrected chi connectivity index (χ1v) is 5.83. The Labute approximate surface area is 100 Å². The fourth-order valence-corrected chi connectivity index (χ4v) is 1.76. The number of quaternary nitrogens is 1. The van der Waals surface area contributed by atoms with Gasteiger partial charge in [0.1, 0.15) is 12.3 Å². The van der Waals surface area contributed by atoms with E-state index in [2.05, 4.69) is 12.2 Å². The first kappa shape index (κ1) is 11.2. The van der Waals surface area contributed by atoms with Crippen molar-refractivity contribution in [3.05, 3.63) is 47.2 Å². The van der Waals surface area contributed by atoms with Crippen molar-refractivity contribution in [1.29, 1.82) is 0 Å². The molecule has 0 saturated carbocycles. The van der Waals surface area contributed by atoms with Crippen LogP contribution in [0.1, 0.15) is 12.7 Å². The van der Waals surface area contributed by atoms with Crippen molar-refractivity contribution in [3.63, 3.8) is 0 Å². The molecule has 1 heterocycles. The molecule has 0 fully saturated rings. The number of hydrogen-bond acceptors (Lipinski definition) is 1. The minimum atomic E-state index is 0.732. The summed E-state index contributed by atoms with van der Waals surface area (Å²) in [5.41, 5.74) is 1.02. The first-order valence-electron chi connectivity index (χ1n) is 5.46. The molecule has 16 heavy (non-hydrogen) atoms. The van der Waals surface area contributed by atoms with Crippen LogP contribution in [0.5, 0.6) is 0 Å². The number of benzene rings is 1. The van der Waals surface area contributed by atoms with E-state index in [0.29, 0.717) is 0 Å².